The number of anilines is 1. The Bertz CT molecular complexity index is 1180. The lowest BCUT2D eigenvalue weighted by Crippen LogP contribution is -2.40. The quantitative estimate of drug-likeness (QED) is 0.586. The lowest BCUT2D eigenvalue weighted by atomic mass is 9.98. The molecule has 0 radical (unpaired) electrons. The van der Waals surface area contributed by atoms with Crippen molar-refractivity contribution >= 4 is 44.3 Å². The van der Waals surface area contributed by atoms with E-state index >= 15 is 0 Å². The van der Waals surface area contributed by atoms with Crippen LogP contribution < -0.4 is 5.32 Å². The van der Waals surface area contributed by atoms with Crippen molar-refractivity contribution in [3.63, 3.8) is 0 Å². The minimum absolute atomic E-state index is 0.0716. The summed E-state index contributed by atoms with van der Waals surface area (Å²) in [5.41, 5.74) is 2.62. The Kier molecular flexibility index (Phi) is 6.32. The van der Waals surface area contributed by atoms with E-state index in [1.165, 1.54) is 39.8 Å². The second kappa shape index (κ2) is 8.84. The Hall–Kier alpha value is -2.04. The van der Waals surface area contributed by atoms with Crippen molar-refractivity contribution in [2.24, 2.45) is 0 Å². The molecule has 1 aliphatic rings. The second-order valence-corrected chi connectivity index (χ2v) is 11.9. The van der Waals surface area contributed by atoms with Crippen molar-refractivity contribution in [3.8, 4) is 0 Å². The maximum atomic E-state index is 13.0. The van der Waals surface area contributed by atoms with Crippen LogP contribution in [0.4, 0.5) is 5.69 Å². The van der Waals surface area contributed by atoms with Gasteiger partial charge in [0.15, 0.2) is 0 Å². The molecule has 0 bridgehead atoms. The van der Waals surface area contributed by atoms with Gasteiger partial charge < -0.3 is 5.32 Å². The molecule has 1 aromatic carbocycles. The van der Waals surface area contributed by atoms with Crippen molar-refractivity contribution in [1.82, 2.24) is 9.21 Å². The zero-order valence-electron chi connectivity index (χ0n) is 17.7. The van der Waals surface area contributed by atoms with Crippen LogP contribution in [0.15, 0.2) is 52.1 Å². The van der Waals surface area contributed by atoms with Crippen LogP contribution >= 0.6 is 22.7 Å². The summed E-state index contributed by atoms with van der Waals surface area (Å²) in [4.78, 5) is 18.0. The fourth-order valence-corrected chi connectivity index (χ4v) is 6.51. The summed E-state index contributed by atoms with van der Waals surface area (Å²) in [5.74, 6) is -0.150. The molecule has 0 spiro atoms. The molecule has 0 aliphatic carbocycles. The van der Waals surface area contributed by atoms with Crippen molar-refractivity contribution in [2.75, 3.05) is 32.5 Å². The van der Waals surface area contributed by atoms with Crippen LogP contribution in [0.1, 0.15) is 26.9 Å². The van der Waals surface area contributed by atoms with E-state index in [0.29, 0.717) is 5.69 Å². The van der Waals surface area contributed by atoms with Crippen molar-refractivity contribution in [2.45, 2.75) is 24.3 Å². The minimum Gasteiger partial charge on any atom is -0.325 e. The molecule has 0 saturated carbocycles. The summed E-state index contributed by atoms with van der Waals surface area (Å²) in [5, 5.41) is 7.12. The molecular weight excluding hydrogens is 450 g/mol. The number of hydrogen-bond acceptors (Lipinski definition) is 6. The molecule has 1 N–H and O–H groups in total. The Morgan fingerprint density at radius 1 is 1.19 bits per heavy atom. The highest BCUT2D eigenvalue weighted by Gasteiger charge is 2.31. The molecule has 0 unspecified atom stereocenters. The zero-order valence-corrected chi connectivity index (χ0v) is 20.1. The van der Waals surface area contributed by atoms with E-state index in [4.69, 9.17) is 0 Å². The lowest BCUT2D eigenvalue weighted by molar-refractivity contribution is -0.117. The number of nitrogens with zero attached hydrogens (tertiary/aromatic N) is 2. The fourth-order valence-electron chi connectivity index (χ4n) is 3.80. The van der Waals surface area contributed by atoms with Crippen LogP contribution in [0, 0.1) is 6.92 Å². The molecule has 1 aliphatic heterocycles. The number of fused-ring (bicyclic) bond motifs is 1. The third kappa shape index (κ3) is 4.47. The van der Waals surface area contributed by atoms with Crippen LogP contribution in [0.5, 0.6) is 0 Å². The third-order valence-electron chi connectivity index (χ3n) is 5.49. The summed E-state index contributed by atoms with van der Waals surface area (Å²) in [6.07, 6.45) is 0.928. The SMILES string of the molecule is Cc1ccc(S(=O)(=O)N(C)C)cc1NC(=O)CN1CCc2sccc2[C@@H]1c1cccs1. The monoisotopic (exact) mass is 475 g/mol. The predicted octanol–water partition coefficient (Wildman–Crippen LogP) is 3.95. The molecule has 6 nitrogen and oxygen atoms in total. The summed E-state index contributed by atoms with van der Waals surface area (Å²) in [6.45, 7) is 2.90. The molecule has 31 heavy (non-hydrogen) atoms. The minimum atomic E-state index is -3.57. The van der Waals surface area contributed by atoms with Crippen LogP contribution in [-0.4, -0.2) is 50.7 Å². The number of sulfonamides is 1. The topological polar surface area (TPSA) is 69.7 Å². The molecular formula is C22H25N3O3S3. The van der Waals surface area contributed by atoms with E-state index in [9.17, 15) is 13.2 Å². The average molecular weight is 476 g/mol. The first kappa shape index (κ1) is 22.2. The molecule has 2 aromatic heterocycles. The summed E-state index contributed by atoms with van der Waals surface area (Å²) < 4.78 is 26.1. The predicted molar refractivity (Wildman–Crippen MR) is 126 cm³/mol. The molecule has 1 atom stereocenters. The third-order valence-corrected chi connectivity index (χ3v) is 9.22. The Balaban J connectivity index is 1.55. The number of aryl methyl sites for hydroxylation is 1. The van der Waals surface area contributed by atoms with Crippen LogP contribution in [0.3, 0.4) is 0 Å². The van der Waals surface area contributed by atoms with E-state index in [1.807, 2.05) is 13.0 Å². The van der Waals surface area contributed by atoms with Gasteiger partial charge >= 0.3 is 0 Å². The highest BCUT2D eigenvalue weighted by molar-refractivity contribution is 7.89. The highest BCUT2D eigenvalue weighted by Crippen LogP contribution is 2.39. The number of carbonyl (C=O) groups excluding carboxylic acids is 1. The van der Waals surface area contributed by atoms with Crippen molar-refractivity contribution < 1.29 is 13.2 Å². The van der Waals surface area contributed by atoms with Gasteiger partial charge in [-0.15, -0.1) is 22.7 Å². The Morgan fingerprint density at radius 2 is 2.00 bits per heavy atom. The van der Waals surface area contributed by atoms with Gasteiger partial charge in [-0.25, -0.2) is 12.7 Å². The van der Waals surface area contributed by atoms with E-state index < -0.39 is 10.0 Å². The highest BCUT2D eigenvalue weighted by atomic mass is 32.2. The first-order valence-corrected chi connectivity index (χ1v) is 13.1. The molecule has 3 heterocycles. The number of rotatable bonds is 6. The lowest BCUT2D eigenvalue weighted by Gasteiger charge is -2.34. The molecule has 9 heteroatoms. The van der Waals surface area contributed by atoms with Crippen molar-refractivity contribution in [1.29, 1.82) is 0 Å². The summed E-state index contributed by atoms with van der Waals surface area (Å²) in [7, 11) is -0.584. The van der Waals surface area contributed by atoms with Gasteiger partial charge in [0, 0.05) is 36.1 Å². The molecule has 1 amide bonds. The van der Waals surface area contributed by atoms with Crippen molar-refractivity contribution in [3.05, 3.63) is 68.0 Å². The first-order valence-electron chi connectivity index (χ1n) is 9.94. The van der Waals surface area contributed by atoms with E-state index in [-0.39, 0.29) is 23.4 Å². The Morgan fingerprint density at radius 3 is 2.71 bits per heavy atom. The first-order chi connectivity index (χ1) is 14.8. The van der Waals surface area contributed by atoms with Gasteiger partial charge in [-0.1, -0.05) is 12.1 Å². The summed E-state index contributed by atoms with van der Waals surface area (Å²) >= 11 is 3.48. The number of amides is 1. The van der Waals surface area contributed by atoms with Gasteiger partial charge in [-0.2, -0.15) is 0 Å². The maximum absolute atomic E-state index is 13.0. The number of hydrogen-bond donors (Lipinski definition) is 1. The number of nitrogens with one attached hydrogen (secondary N) is 1. The maximum Gasteiger partial charge on any atom is 0.242 e. The van der Waals surface area contributed by atoms with Crippen LogP contribution in [0.2, 0.25) is 0 Å². The smallest absolute Gasteiger partial charge is 0.242 e. The Labute approximate surface area is 191 Å². The van der Waals surface area contributed by atoms with Gasteiger partial charge in [-0.3, -0.25) is 9.69 Å². The largest absolute Gasteiger partial charge is 0.325 e. The van der Waals surface area contributed by atoms with Gasteiger partial charge in [0.05, 0.1) is 17.5 Å². The van der Waals surface area contributed by atoms with E-state index in [2.05, 4.69) is 33.1 Å². The number of thiophene rings is 2. The van der Waals surface area contributed by atoms with Crippen LogP contribution in [-0.2, 0) is 21.2 Å². The molecule has 0 saturated heterocycles. The average Bonchev–Trinajstić information content (AvgIpc) is 3.41. The van der Waals surface area contributed by atoms with Gasteiger partial charge in [0.1, 0.15) is 0 Å². The fraction of sp³-hybridized carbons (Fsp3) is 0.318. The normalized spacial score (nSPS) is 17.0. The molecule has 164 valence electrons. The zero-order chi connectivity index (χ0) is 22.2. The van der Waals surface area contributed by atoms with E-state index in [1.54, 1.807) is 34.8 Å². The number of carbonyl (C=O) groups is 1. The molecule has 4 rings (SSSR count). The van der Waals surface area contributed by atoms with Gasteiger partial charge in [0.2, 0.25) is 15.9 Å². The number of benzene rings is 1. The second-order valence-electron chi connectivity index (χ2n) is 7.75. The standard InChI is InChI=1S/C22H25N3O3S3/c1-15-6-7-16(31(27,28)24(2)3)13-18(15)23-21(26)14-25-10-8-19-17(9-12-30-19)22(25)20-5-4-11-29-20/h4-7,9,11-13,22H,8,10,14H2,1-3H3,(H,23,26)/t22-/m1/s1. The van der Waals surface area contributed by atoms with Crippen LogP contribution in [0.25, 0.3) is 0 Å². The molecule has 0 fully saturated rings. The van der Waals surface area contributed by atoms with Gasteiger partial charge in [0.25, 0.3) is 0 Å². The van der Waals surface area contributed by atoms with E-state index in [0.717, 1.165) is 18.5 Å². The van der Waals surface area contributed by atoms with Gasteiger partial charge in [-0.05, 0) is 59.5 Å². The molecule has 3 aromatic rings. The summed E-state index contributed by atoms with van der Waals surface area (Å²) in [6, 6.07) is 11.2.